The second kappa shape index (κ2) is 8.98. The van der Waals surface area contributed by atoms with E-state index < -0.39 is 5.97 Å². The Hall–Kier alpha value is -2.30. The first-order chi connectivity index (χ1) is 11.0. The molecule has 0 unspecified atom stereocenters. The van der Waals surface area contributed by atoms with Gasteiger partial charge >= 0.3 is 5.97 Å². The number of ether oxygens (including phenoxy) is 1. The topological polar surface area (TPSA) is 83.8 Å². The van der Waals surface area contributed by atoms with Gasteiger partial charge in [0.2, 0.25) is 0 Å². The molecule has 1 aromatic carbocycles. The third kappa shape index (κ3) is 5.43. The molecule has 0 bridgehead atoms. The lowest BCUT2D eigenvalue weighted by molar-refractivity contribution is -0.147. The molecule has 0 saturated carbocycles. The van der Waals surface area contributed by atoms with Crippen molar-refractivity contribution >= 4 is 11.8 Å². The van der Waals surface area contributed by atoms with E-state index in [2.05, 4.69) is 0 Å². The predicted octanol–water partition coefficient (Wildman–Crippen LogP) is 3.52. The van der Waals surface area contributed by atoms with E-state index in [4.69, 9.17) is 4.74 Å². The molecule has 0 amide bonds. The number of aromatic hydroxyl groups is 2. The molecule has 1 aliphatic heterocycles. The van der Waals surface area contributed by atoms with Crippen molar-refractivity contribution in [3.05, 3.63) is 35.4 Å². The largest absolute Gasteiger partial charge is 0.508 e. The molecule has 1 heterocycles. The van der Waals surface area contributed by atoms with Gasteiger partial charge in [-0.05, 0) is 43.9 Å². The van der Waals surface area contributed by atoms with Crippen LogP contribution in [0.4, 0.5) is 0 Å². The zero-order chi connectivity index (χ0) is 17.4. The number of hydrogen-bond acceptors (Lipinski definition) is 5. The molecule has 23 heavy (non-hydrogen) atoms. The van der Waals surface area contributed by atoms with Crippen LogP contribution in [-0.4, -0.2) is 28.1 Å². The van der Waals surface area contributed by atoms with Crippen LogP contribution >= 0.6 is 0 Å². The second-order valence-electron chi connectivity index (χ2n) is 5.17. The Balaban J connectivity index is 0.00000127. The molecule has 0 aromatic heterocycles. The number of allylic oxidation sites excluding steroid dienone is 2. The van der Waals surface area contributed by atoms with Crippen LogP contribution in [0.3, 0.4) is 0 Å². The zero-order valence-electron chi connectivity index (χ0n) is 13.8. The lowest BCUT2D eigenvalue weighted by Crippen LogP contribution is -2.18. The van der Waals surface area contributed by atoms with Crippen molar-refractivity contribution in [2.45, 2.75) is 52.6 Å². The van der Waals surface area contributed by atoms with Crippen molar-refractivity contribution in [3.63, 3.8) is 0 Å². The predicted molar refractivity (Wildman–Crippen MR) is 87.7 cm³/mol. The van der Waals surface area contributed by atoms with Gasteiger partial charge in [-0.1, -0.05) is 19.9 Å². The van der Waals surface area contributed by atoms with Crippen LogP contribution in [0.25, 0.3) is 0 Å². The van der Waals surface area contributed by atoms with Crippen LogP contribution in [0.15, 0.2) is 24.3 Å². The lowest BCUT2D eigenvalue weighted by atomic mass is 9.98. The average Bonchev–Trinajstić information content (AvgIpc) is 2.46. The van der Waals surface area contributed by atoms with E-state index in [9.17, 15) is 19.8 Å². The van der Waals surface area contributed by atoms with Gasteiger partial charge in [0.15, 0.2) is 5.78 Å². The number of phenols is 2. The summed E-state index contributed by atoms with van der Waals surface area (Å²) in [6.45, 7) is 5.82. The van der Waals surface area contributed by atoms with Crippen molar-refractivity contribution in [1.82, 2.24) is 0 Å². The normalized spacial score (nSPS) is 20.0. The summed E-state index contributed by atoms with van der Waals surface area (Å²) >= 11 is 0. The van der Waals surface area contributed by atoms with E-state index in [1.165, 1.54) is 12.1 Å². The fourth-order valence-corrected chi connectivity index (χ4v) is 2.37. The number of phenolic OH excluding ortho intramolecular Hbond substituents is 2. The number of fused-ring (bicyclic) bond motifs is 1. The Morgan fingerprint density at radius 2 is 1.87 bits per heavy atom. The minimum Gasteiger partial charge on any atom is -0.508 e. The Morgan fingerprint density at radius 3 is 2.57 bits per heavy atom. The quantitative estimate of drug-likeness (QED) is 0.715. The van der Waals surface area contributed by atoms with Gasteiger partial charge < -0.3 is 14.9 Å². The fraction of sp³-hybridized carbons (Fsp3) is 0.444. The minimum atomic E-state index is -0.480. The molecule has 2 N–H and O–H groups in total. The maximum absolute atomic E-state index is 12.1. The summed E-state index contributed by atoms with van der Waals surface area (Å²) in [5, 5.41) is 19.4. The number of benzene rings is 1. The van der Waals surface area contributed by atoms with Crippen molar-refractivity contribution in [2.24, 2.45) is 0 Å². The van der Waals surface area contributed by atoms with E-state index in [0.717, 1.165) is 18.9 Å². The number of rotatable bonds is 0. The molecular weight excluding hydrogens is 296 g/mol. The van der Waals surface area contributed by atoms with Gasteiger partial charge in [-0.3, -0.25) is 9.59 Å². The molecule has 2 rings (SSSR count). The van der Waals surface area contributed by atoms with Crippen LogP contribution in [0.5, 0.6) is 11.5 Å². The summed E-state index contributed by atoms with van der Waals surface area (Å²) in [6.07, 6.45) is 5.01. The average molecular weight is 320 g/mol. The zero-order valence-corrected chi connectivity index (χ0v) is 13.8. The van der Waals surface area contributed by atoms with Gasteiger partial charge in [0.05, 0.1) is 18.1 Å². The van der Waals surface area contributed by atoms with Gasteiger partial charge in [-0.25, -0.2) is 0 Å². The highest BCUT2D eigenvalue weighted by molar-refractivity contribution is 6.08. The van der Waals surface area contributed by atoms with Gasteiger partial charge in [0.1, 0.15) is 11.5 Å². The first-order valence-corrected chi connectivity index (χ1v) is 7.92. The first kappa shape index (κ1) is 18.7. The summed E-state index contributed by atoms with van der Waals surface area (Å²) in [7, 11) is 0. The Labute approximate surface area is 136 Å². The molecule has 0 fully saturated rings. The first-order valence-electron chi connectivity index (χ1n) is 7.92. The van der Waals surface area contributed by atoms with Crippen LogP contribution in [0.1, 0.15) is 56.0 Å². The maximum Gasteiger partial charge on any atom is 0.310 e. The monoisotopic (exact) mass is 320 g/mol. The molecule has 126 valence electrons. The number of cyclic esters (lactones) is 1. The molecule has 0 aliphatic carbocycles. The van der Waals surface area contributed by atoms with Crippen molar-refractivity contribution in [3.8, 4) is 11.5 Å². The maximum atomic E-state index is 12.1. The Bertz CT molecular complexity index is 589. The Morgan fingerprint density at radius 1 is 1.17 bits per heavy atom. The number of carbonyl (C=O) groups is 2. The highest BCUT2D eigenvalue weighted by Gasteiger charge is 2.20. The molecule has 5 nitrogen and oxygen atoms in total. The molecule has 1 atom stereocenters. The lowest BCUT2D eigenvalue weighted by Gasteiger charge is -2.15. The summed E-state index contributed by atoms with van der Waals surface area (Å²) in [5.41, 5.74) is 0.300. The molecule has 5 heteroatoms. The summed E-state index contributed by atoms with van der Waals surface area (Å²) in [4.78, 5) is 24.0. The van der Waals surface area contributed by atoms with E-state index in [-0.39, 0.29) is 40.9 Å². The molecular formula is C18H24O5. The van der Waals surface area contributed by atoms with E-state index in [0.29, 0.717) is 6.42 Å². The van der Waals surface area contributed by atoms with Gasteiger partial charge in [-0.2, -0.15) is 0 Å². The smallest absolute Gasteiger partial charge is 0.310 e. The highest BCUT2D eigenvalue weighted by atomic mass is 16.5. The van der Waals surface area contributed by atoms with Gasteiger partial charge in [0, 0.05) is 6.07 Å². The molecule has 0 saturated heterocycles. The van der Waals surface area contributed by atoms with Crippen molar-refractivity contribution < 1.29 is 24.5 Å². The third-order valence-electron chi connectivity index (χ3n) is 3.35. The Kier molecular flexibility index (Phi) is 7.32. The minimum absolute atomic E-state index is 0.0363. The van der Waals surface area contributed by atoms with Crippen LogP contribution in [0, 0.1) is 0 Å². The summed E-state index contributed by atoms with van der Waals surface area (Å²) in [5.74, 6) is -1.40. The second-order valence-corrected chi connectivity index (χ2v) is 5.17. The van der Waals surface area contributed by atoms with E-state index in [1.54, 1.807) is 6.08 Å². The van der Waals surface area contributed by atoms with Crippen molar-refractivity contribution in [1.29, 1.82) is 0 Å². The van der Waals surface area contributed by atoms with Crippen molar-refractivity contribution in [2.75, 3.05) is 0 Å². The van der Waals surface area contributed by atoms with Crippen LogP contribution < -0.4 is 0 Å². The standard InChI is InChI=1S/C16H18O5.C2H6/c1-10-5-3-2-4-6-13(18)16-11(8-15(20)21-10)7-12(17)9-14(16)19;1-2/h4,6-7,9-10,17,19H,2-3,5,8H2,1H3;1-2H3/b6-4+;/t10-;/m0./s1. The molecule has 0 spiro atoms. The van der Waals surface area contributed by atoms with Gasteiger partial charge in [-0.15, -0.1) is 0 Å². The third-order valence-corrected chi connectivity index (χ3v) is 3.35. The summed E-state index contributed by atoms with van der Waals surface area (Å²) in [6, 6.07) is 2.39. The molecule has 0 radical (unpaired) electrons. The van der Waals surface area contributed by atoms with Crippen LogP contribution in [-0.2, 0) is 16.0 Å². The van der Waals surface area contributed by atoms with E-state index in [1.807, 2.05) is 20.8 Å². The number of hydrogen-bond donors (Lipinski definition) is 2. The fourth-order valence-electron chi connectivity index (χ4n) is 2.37. The van der Waals surface area contributed by atoms with Gasteiger partial charge in [0.25, 0.3) is 0 Å². The number of ketones is 1. The number of esters is 1. The van der Waals surface area contributed by atoms with Crippen LogP contribution in [0.2, 0.25) is 0 Å². The molecule has 1 aromatic rings. The summed E-state index contributed by atoms with van der Waals surface area (Å²) < 4.78 is 5.26. The molecule has 1 aliphatic rings. The SMILES string of the molecule is CC.C[C@H]1CCC/C=C/C(=O)c2c(O)cc(O)cc2CC(=O)O1. The van der Waals surface area contributed by atoms with E-state index >= 15 is 0 Å². The number of carbonyl (C=O) groups excluding carboxylic acids is 2. The highest BCUT2D eigenvalue weighted by Crippen LogP contribution is 2.29.